The summed E-state index contributed by atoms with van der Waals surface area (Å²) in [5.74, 6) is 0.0929. The minimum Gasteiger partial charge on any atom is -0.478 e. The molecule has 0 unspecified atom stereocenters. The van der Waals surface area contributed by atoms with E-state index in [4.69, 9.17) is 0 Å². The number of anilines is 1. The minimum absolute atomic E-state index is 0.0309. The minimum atomic E-state index is -0.894. The SMILES string of the molecule is O=C(O)c1cc2c3c(c1)[C@@H]1C=CC[C@@H]1[C@@H](c1cccc([N+](=O)[O-])c1)N3C[C@@H]1CC=C[C@@H]21. The standard InChI is InChI=1S/C25H22N2O4/c28-25(29)16-11-21-18-7-2-5-15(18)13-26-23(14-4-1-6-17(10-14)27(30)31)20-9-3-8-19(20)22(12-16)24(21)26/h1-4,6-8,10-12,15,18-20,23H,5,9,13H2,(H,28,29)/t15-,18+,19+,20-,23+/m0/s1. The molecule has 0 bridgehead atoms. The van der Waals surface area contributed by atoms with Crippen LogP contribution in [0.1, 0.15) is 57.8 Å². The molecule has 0 radical (unpaired) electrons. The van der Waals surface area contributed by atoms with Gasteiger partial charge < -0.3 is 10.0 Å². The third-order valence-electron chi connectivity index (χ3n) is 7.52. The lowest BCUT2D eigenvalue weighted by atomic mass is 9.70. The number of rotatable bonds is 3. The van der Waals surface area contributed by atoms with E-state index in [-0.39, 0.29) is 34.4 Å². The van der Waals surface area contributed by atoms with E-state index in [9.17, 15) is 20.0 Å². The van der Waals surface area contributed by atoms with Gasteiger partial charge in [0.25, 0.3) is 5.69 Å². The normalized spacial score (nSPS) is 29.4. The van der Waals surface area contributed by atoms with Gasteiger partial charge >= 0.3 is 5.97 Å². The van der Waals surface area contributed by atoms with E-state index in [0.717, 1.165) is 41.8 Å². The van der Waals surface area contributed by atoms with E-state index < -0.39 is 5.97 Å². The second-order valence-electron chi connectivity index (χ2n) is 9.06. The zero-order chi connectivity index (χ0) is 21.3. The van der Waals surface area contributed by atoms with E-state index >= 15 is 0 Å². The van der Waals surface area contributed by atoms with Gasteiger partial charge in [0.15, 0.2) is 0 Å². The molecule has 1 N–H and O–H groups in total. The first kappa shape index (κ1) is 18.4. The van der Waals surface area contributed by atoms with Crippen molar-refractivity contribution in [3.8, 4) is 0 Å². The van der Waals surface area contributed by atoms with Crippen LogP contribution in [0, 0.1) is 22.0 Å². The Morgan fingerprint density at radius 1 is 1.06 bits per heavy atom. The monoisotopic (exact) mass is 414 g/mol. The van der Waals surface area contributed by atoms with Crippen LogP contribution in [0.2, 0.25) is 0 Å². The number of benzene rings is 2. The van der Waals surface area contributed by atoms with Crippen LogP contribution in [-0.4, -0.2) is 22.5 Å². The molecule has 2 aliphatic carbocycles. The second kappa shape index (κ2) is 6.54. The summed E-state index contributed by atoms with van der Waals surface area (Å²) in [4.78, 5) is 25.5. The fraction of sp³-hybridized carbons (Fsp3) is 0.320. The Balaban J connectivity index is 1.58. The van der Waals surface area contributed by atoms with E-state index in [2.05, 4.69) is 29.2 Å². The fourth-order valence-electron chi connectivity index (χ4n) is 6.30. The van der Waals surface area contributed by atoms with Gasteiger partial charge in [-0.1, -0.05) is 36.4 Å². The molecule has 0 aromatic heterocycles. The lowest BCUT2D eigenvalue weighted by molar-refractivity contribution is -0.384. The molecule has 2 aromatic rings. The van der Waals surface area contributed by atoms with Gasteiger partial charge in [0.05, 0.1) is 16.5 Å². The Kier molecular flexibility index (Phi) is 3.88. The van der Waals surface area contributed by atoms with E-state index in [1.54, 1.807) is 18.2 Å². The number of nitro groups is 1. The van der Waals surface area contributed by atoms with Gasteiger partial charge in [-0.3, -0.25) is 10.1 Å². The molecule has 0 spiro atoms. The summed E-state index contributed by atoms with van der Waals surface area (Å²) in [7, 11) is 0. The molecular weight excluding hydrogens is 392 g/mol. The van der Waals surface area contributed by atoms with Crippen molar-refractivity contribution in [2.24, 2.45) is 11.8 Å². The summed E-state index contributed by atoms with van der Waals surface area (Å²) in [6.45, 7) is 0.876. The maximum absolute atomic E-state index is 11.9. The first-order chi connectivity index (χ1) is 15.0. The first-order valence-corrected chi connectivity index (χ1v) is 10.8. The van der Waals surface area contributed by atoms with Crippen LogP contribution in [-0.2, 0) is 0 Å². The zero-order valence-electron chi connectivity index (χ0n) is 16.8. The molecule has 0 saturated carbocycles. The Morgan fingerprint density at radius 2 is 1.81 bits per heavy atom. The van der Waals surface area contributed by atoms with Crippen molar-refractivity contribution in [2.45, 2.75) is 30.7 Å². The van der Waals surface area contributed by atoms with Crippen molar-refractivity contribution >= 4 is 17.3 Å². The molecule has 5 atom stereocenters. The Labute approximate surface area is 179 Å². The predicted molar refractivity (Wildman–Crippen MR) is 117 cm³/mol. The van der Waals surface area contributed by atoms with Crippen LogP contribution in [0.3, 0.4) is 0 Å². The molecule has 0 amide bonds. The third-order valence-corrected chi connectivity index (χ3v) is 7.52. The largest absolute Gasteiger partial charge is 0.478 e. The molecule has 0 fully saturated rings. The number of non-ortho nitro benzene ring substituents is 1. The Bertz CT molecular complexity index is 1170. The van der Waals surface area contributed by atoms with Crippen LogP contribution in [0.4, 0.5) is 11.4 Å². The Morgan fingerprint density at radius 3 is 2.58 bits per heavy atom. The average molecular weight is 414 g/mol. The lowest BCUT2D eigenvalue weighted by Crippen LogP contribution is -2.46. The topological polar surface area (TPSA) is 83.7 Å². The summed E-state index contributed by atoms with van der Waals surface area (Å²) in [5, 5.41) is 21.2. The van der Waals surface area contributed by atoms with E-state index in [1.807, 2.05) is 18.2 Å². The highest BCUT2D eigenvalue weighted by molar-refractivity contribution is 5.90. The maximum Gasteiger partial charge on any atom is 0.335 e. The zero-order valence-corrected chi connectivity index (χ0v) is 16.8. The number of aromatic carboxylic acids is 1. The van der Waals surface area contributed by atoms with Crippen LogP contribution in [0.15, 0.2) is 60.7 Å². The smallest absolute Gasteiger partial charge is 0.335 e. The van der Waals surface area contributed by atoms with Crippen LogP contribution in [0.5, 0.6) is 0 Å². The Hall–Kier alpha value is -3.41. The molecule has 31 heavy (non-hydrogen) atoms. The van der Waals surface area contributed by atoms with Gasteiger partial charge in [0.2, 0.25) is 0 Å². The highest BCUT2D eigenvalue weighted by atomic mass is 16.6. The first-order valence-electron chi connectivity index (χ1n) is 10.8. The molecule has 2 heterocycles. The number of fused-ring (bicyclic) bond motifs is 4. The summed E-state index contributed by atoms with van der Waals surface area (Å²) in [6.07, 6.45) is 10.7. The number of carboxylic acids is 1. The molecule has 2 aromatic carbocycles. The molecule has 0 saturated heterocycles. The number of nitrogens with zero attached hydrogens (tertiary/aromatic N) is 2. The molecular formula is C25H22N2O4. The summed E-state index contributed by atoms with van der Waals surface area (Å²) >= 11 is 0. The number of carboxylic acid groups (broad SMARTS) is 1. The van der Waals surface area contributed by atoms with Crippen molar-refractivity contribution in [3.63, 3.8) is 0 Å². The third kappa shape index (κ3) is 2.60. The molecule has 6 nitrogen and oxygen atoms in total. The van der Waals surface area contributed by atoms with Gasteiger partial charge in [-0.2, -0.15) is 0 Å². The van der Waals surface area contributed by atoms with Gasteiger partial charge in [-0.15, -0.1) is 0 Å². The number of hydrogen-bond donors (Lipinski definition) is 1. The lowest BCUT2D eigenvalue weighted by Gasteiger charge is -2.51. The maximum atomic E-state index is 11.9. The van der Waals surface area contributed by atoms with Crippen molar-refractivity contribution in [1.82, 2.24) is 0 Å². The van der Waals surface area contributed by atoms with Crippen molar-refractivity contribution in [3.05, 3.63) is 93.1 Å². The average Bonchev–Trinajstić information content (AvgIpc) is 3.43. The highest BCUT2D eigenvalue weighted by Crippen LogP contribution is 2.59. The highest BCUT2D eigenvalue weighted by Gasteiger charge is 2.48. The fourth-order valence-corrected chi connectivity index (χ4v) is 6.30. The second-order valence-corrected chi connectivity index (χ2v) is 9.06. The van der Waals surface area contributed by atoms with Crippen LogP contribution in [0.25, 0.3) is 0 Å². The number of carbonyl (C=O) groups is 1. The van der Waals surface area contributed by atoms with E-state index in [1.165, 1.54) is 0 Å². The number of allylic oxidation sites excluding steroid dienone is 4. The summed E-state index contributed by atoms with van der Waals surface area (Å²) < 4.78 is 0. The van der Waals surface area contributed by atoms with Crippen molar-refractivity contribution in [2.75, 3.05) is 11.4 Å². The molecule has 4 aliphatic rings. The van der Waals surface area contributed by atoms with Gasteiger partial charge in [0.1, 0.15) is 0 Å². The van der Waals surface area contributed by atoms with Crippen molar-refractivity contribution < 1.29 is 14.8 Å². The van der Waals surface area contributed by atoms with Gasteiger partial charge in [-0.05, 0) is 53.5 Å². The van der Waals surface area contributed by atoms with Crippen LogP contribution >= 0.6 is 0 Å². The number of nitro benzene ring substituents is 1. The molecule has 156 valence electrons. The summed E-state index contributed by atoms with van der Waals surface area (Å²) in [6, 6.07) is 10.8. The predicted octanol–water partition coefficient (Wildman–Crippen LogP) is 5.19. The number of hydrogen-bond acceptors (Lipinski definition) is 4. The van der Waals surface area contributed by atoms with Crippen LogP contribution < -0.4 is 4.90 Å². The molecule has 6 heteroatoms. The quantitative estimate of drug-likeness (QED) is 0.425. The van der Waals surface area contributed by atoms with Gasteiger partial charge in [-0.25, -0.2) is 4.79 Å². The molecule has 2 aliphatic heterocycles. The van der Waals surface area contributed by atoms with Crippen molar-refractivity contribution in [1.29, 1.82) is 0 Å². The van der Waals surface area contributed by atoms with Gasteiger partial charge in [0, 0.05) is 36.2 Å². The summed E-state index contributed by atoms with van der Waals surface area (Å²) in [5.41, 5.74) is 4.76. The molecule has 6 rings (SSSR count). The van der Waals surface area contributed by atoms with E-state index in [0.29, 0.717) is 11.5 Å².